The van der Waals surface area contributed by atoms with E-state index >= 15 is 0 Å². The lowest BCUT2D eigenvalue weighted by Gasteiger charge is -2.31. The molecule has 0 N–H and O–H groups in total. The van der Waals surface area contributed by atoms with Crippen LogP contribution in [0.5, 0.6) is 10.9 Å². The first-order valence-electron chi connectivity index (χ1n) is 9.17. The van der Waals surface area contributed by atoms with Crippen LogP contribution in [0.25, 0.3) is 10.2 Å². The number of carbonyl (C=O) groups excluding carboxylic acids is 1. The first-order chi connectivity index (χ1) is 13.2. The number of carbonyl (C=O) groups is 1. The zero-order valence-corrected chi connectivity index (χ0v) is 16.1. The molecule has 0 radical (unpaired) electrons. The number of aromatic nitrogens is 1. The number of rotatable bonds is 5. The van der Waals surface area contributed by atoms with Gasteiger partial charge in [-0.3, -0.25) is 4.79 Å². The lowest BCUT2D eigenvalue weighted by molar-refractivity contribution is -0.135. The molecule has 1 amide bonds. The fourth-order valence-electron chi connectivity index (χ4n) is 3.14. The van der Waals surface area contributed by atoms with Crippen LogP contribution in [0.3, 0.4) is 0 Å². The highest BCUT2D eigenvalue weighted by Crippen LogP contribution is 2.29. The molecule has 1 aromatic heterocycles. The maximum atomic E-state index is 12.4. The Balaban J connectivity index is 1.25. The van der Waals surface area contributed by atoms with Crippen LogP contribution < -0.4 is 9.47 Å². The summed E-state index contributed by atoms with van der Waals surface area (Å²) in [5, 5.41) is 0.712. The molecule has 0 bridgehead atoms. The number of hydrogen-bond acceptors (Lipinski definition) is 5. The number of likely N-dealkylation sites (tertiary alicyclic amines) is 1. The largest absolute Gasteiger partial charge is 0.484 e. The Morgan fingerprint density at radius 2 is 1.89 bits per heavy atom. The molecule has 0 saturated carbocycles. The van der Waals surface area contributed by atoms with E-state index in [4.69, 9.17) is 9.47 Å². The number of benzene rings is 2. The molecular weight excluding hydrogens is 360 g/mol. The summed E-state index contributed by atoms with van der Waals surface area (Å²) in [6.07, 6.45) is 1.73. The minimum absolute atomic E-state index is 0.0222. The summed E-state index contributed by atoms with van der Waals surface area (Å²) in [5.74, 6) is 0.747. The van der Waals surface area contributed by atoms with Gasteiger partial charge in [0.25, 0.3) is 11.1 Å². The van der Waals surface area contributed by atoms with Crippen LogP contribution in [-0.2, 0) is 4.79 Å². The molecule has 1 aliphatic heterocycles. The van der Waals surface area contributed by atoms with Gasteiger partial charge in [-0.15, -0.1) is 0 Å². The summed E-state index contributed by atoms with van der Waals surface area (Å²) < 4.78 is 12.8. The van der Waals surface area contributed by atoms with Gasteiger partial charge in [-0.25, -0.2) is 4.98 Å². The first-order valence-corrected chi connectivity index (χ1v) is 9.98. The predicted octanol–water partition coefficient (Wildman–Crippen LogP) is 4.05. The van der Waals surface area contributed by atoms with Gasteiger partial charge in [-0.05, 0) is 31.2 Å². The van der Waals surface area contributed by atoms with Crippen LogP contribution >= 0.6 is 11.3 Å². The number of para-hydroxylation sites is 1. The Kier molecular flexibility index (Phi) is 5.25. The summed E-state index contributed by atoms with van der Waals surface area (Å²) in [6, 6.07) is 15.8. The number of ether oxygens (including phenoxy) is 2. The van der Waals surface area contributed by atoms with E-state index in [0.717, 1.165) is 28.8 Å². The molecular formula is C21H22N2O3S. The van der Waals surface area contributed by atoms with Gasteiger partial charge in [0.05, 0.1) is 10.2 Å². The maximum Gasteiger partial charge on any atom is 0.274 e. The number of hydrogen-bond donors (Lipinski definition) is 0. The Bertz CT molecular complexity index is 882. The average Bonchev–Trinajstić information content (AvgIpc) is 3.10. The second-order valence-electron chi connectivity index (χ2n) is 6.75. The van der Waals surface area contributed by atoms with Crippen molar-refractivity contribution >= 4 is 27.5 Å². The second-order valence-corrected chi connectivity index (χ2v) is 7.74. The maximum absolute atomic E-state index is 12.4. The zero-order chi connectivity index (χ0) is 18.6. The topological polar surface area (TPSA) is 51.7 Å². The van der Waals surface area contributed by atoms with E-state index in [1.807, 2.05) is 54.3 Å². The van der Waals surface area contributed by atoms with Gasteiger partial charge in [0, 0.05) is 25.9 Å². The van der Waals surface area contributed by atoms with Crippen LogP contribution in [0, 0.1) is 6.92 Å². The molecule has 0 atom stereocenters. The fourth-order valence-corrected chi connectivity index (χ4v) is 4.02. The fraction of sp³-hybridized carbons (Fsp3) is 0.333. The van der Waals surface area contributed by atoms with Crippen molar-refractivity contribution in [2.24, 2.45) is 0 Å². The van der Waals surface area contributed by atoms with Crippen molar-refractivity contribution in [1.82, 2.24) is 9.88 Å². The van der Waals surface area contributed by atoms with Crippen LogP contribution in [0.15, 0.2) is 48.5 Å². The van der Waals surface area contributed by atoms with Crippen LogP contribution in [0.4, 0.5) is 0 Å². The molecule has 4 rings (SSSR count). The number of piperidine rings is 1. The van der Waals surface area contributed by atoms with Gasteiger partial charge in [0.1, 0.15) is 11.9 Å². The van der Waals surface area contributed by atoms with Crippen molar-refractivity contribution in [1.29, 1.82) is 0 Å². The van der Waals surface area contributed by atoms with E-state index in [1.165, 1.54) is 5.56 Å². The first kappa shape index (κ1) is 17.8. The van der Waals surface area contributed by atoms with Crippen LogP contribution in [0.1, 0.15) is 18.4 Å². The molecule has 1 saturated heterocycles. The van der Waals surface area contributed by atoms with Crippen molar-refractivity contribution in [2.45, 2.75) is 25.9 Å². The van der Waals surface area contributed by atoms with Crippen LogP contribution in [-0.4, -0.2) is 41.6 Å². The van der Waals surface area contributed by atoms with Crippen molar-refractivity contribution in [3.63, 3.8) is 0 Å². The SMILES string of the molecule is Cc1ccc(OCC(=O)N2CCC(Oc3nc4ccccc4s3)CC2)cc1. The molecule has 3 aromatic rings. The number of thiazole rings is 1. The number of aryl methyl sites for hydroxylation is 1. The average molecular weight is 382 g/mol. The van der Waals surface area contributed by atoms with Gasteiger partial charge in [0.15, 0.2) is 6.61 Å². The van der Waals surface area contributed by atoms with Gasteiger partial charge in [-0.1, -0.05) is 41.2 Å². The lowest BCUT2D eigenvalue weighted by atomic mass is 10.1. The van der Waals surface area contributed by atoms with Gasteiger partial charge in [0.2, 0.25) is 0 Å². The molecule has 5 nitrogen and oxygen atoms in total. The Hall–Kier alpha value is -2.60. The Labute approximate surface area is 162 Å². The van der Waals surface area contributed by atoms with Crippen molar-refractivity contribution < 1.29 is 14.3 Å². The standard InChI is InChI=1S/C21H22N2O3S/c1-15-6-8-16(9-7-15)25-14-20(24)23-12-10-17(11-13-23)26-21-22-18-4-2-3-5-19(18)27-21/h2-9,17H,10-14H2,1H3. The van der Waals surface area contributed by atoms with Gasteiger partial charge < -0.3 is 14.4 Å². The number of nitrogens with zero attached hydrogens (tertiary/aromatic N) is 2. The van der Waals surface area contributed by atoms with E-state index in [1.54, 1.807) is 11.3 Å². The van der Waals surface area contributed by atoms with E-state index in [2.05, 4.69) is 11.1 Å². The number of amides is 1. The Morgan fingerprint density at radius 3 is 2.63 bits per heavy atom. The monoisotopic (exact) mass is 382 g/mol. The summed E-state index contributed by atoms with van der Waals surface area (Å²) in [6.45, 7) is 3.47. The van der Waals surface area contributed by atoms with Gasteiger partial charge >= 0.3 is 0 Å². The smallest absolute Gasteiger partial charge is 0.274 e. The Morgan fingerprint density at radius 1 is 1.15 bits per heavy atom. The molecule has 27 heavy (non-hydrogen) atoms. The molecule has 6 heteroatoms. The highest BCUT2D eigenvalue weighted by Gasteiger charge is 2.25. The quantitative estimate of drug-likeness (QED) is 0.668. The molecule has 0 unspecified atom stereocenters. The van der Waals surface area contributed by atoms with E-state index in [0.29, 0.717) is 18.3 Å². The normalized spacial score (nSPS) is 15.1. The van der Waals surface area contributed by atoms with Crippen molar-refractivity contribution in [3.05, 3.63) is 54.1 Å². The molecule has 2 heterocycles. The second kappa shape index (κ2) is 7.96. The molecule has 1 fully saturated rings. The van der Waals surface area contributed by atoms with E-state index in [9.17, 15) is 4.79 Å². The van der Waals surface area contributed by atoms with Crippen molar-refractivity contribution in [2.75, 3.05) is 19.7 Å². The third-order valence-corrected chi connectivity index (χ3v) is 5.65. The summed E-state index contributed by atoms with van der Waals surface area (Å²) >= 11 is 1.57. The summed E-state index contributed by atoms with van der Waals surface area (Å²) in [5.41, 5.74) is 2.14. The summed E-state index contributed by atoms with van der Waals surface area (Å²) in [4.78, 5) is 18.8. The van der Waals surface area contributed by atoms with Crippen molar-refractivity contribution in [3.8, 4) is 10.9 Å². The zero-order valence-electron chi connectivity index (χ0n) is 15.3. The molecule has 0 spiro atoms. The number of fused-ring (bicyclic) bond motifs is 1. The predicted molar refractivity (Wildman–Crippen MR) is 107 cm³/mol. The third kappa shape index (κ3) is 4.39. The molecule has 0 aliphatic carbocycles. The lowest BCUT2D eigenvalue weighted by Crippen LogP contribution is -2.43. The molecule has 1 aliphatic rings. The highest BCUT2D eigenvalue weighted by molar-refractivity contribution is 7.20. The third-order valence-electron chi connectivity index (χ3n) is 4.72. The minimum Gasteiger partial charge on any atom is -0.484 e. The highest BCUT2D eigenvalue weighted by atomic mass is 32.1. The summed E-state index contributed by atoms with van der Waals surface area (Å²) in [7, 11) is 0. The van der Waals surface area contributed by atoms with E-state index < -0.39 is 0 Å². The van der Waals surface area contributed by atoms with E-state index in [-0.39, 0.29) is 18.6 Å². The van der Waals surface area contributed by atoms with Gasteiger partial charge in [-0.2, -0.15) is 0 Å². The minimum atomic E-state index is 0.0222. The molecule has 140 valence electrons. The molecule has 2 aromatic carbocycles. The van der Waals surface area contributed by atoms with Crippen LogP contribution in [0.2, 0.25) is 0 Å².